The minimum atomic E-state index is 0. The van der Waals surface area contributed by atoms with Gasteiger partial charge in [-0.25, -0.2) is 0 Å². The molecular formula is C14H36N4O2Ru+6. The molecule has 1 heterocycles. The molecule has 0 unspecified atom stereocenters. The van der Waals surface area contributed by atoms with Crippen molar-refractivity contribution in [3.05, 3.63) is 0 Å². The van der Waals surface area contributed by atoms with Gasteiger partial charge in [0.1, 0.15) is 0 Å². The van der Waals surface area contributed by atoms with Gasteiger partial charge in [-0.15, -0.1) is 0 Å². The summed E-state index contributed by atoms with van der Waals surface area (Å²) in [6.07, 6.45) is 2.56. The van der Waals surface area contributed by atoms with E-state index in [0.29, 0.717) is 0 Å². The molecule has 0 amide bonds. The third-order valence-corrected chi connectivity index (χ3v) is 3.89. The largest absolute Gasteiger partial charge is 6.00 e. The van der Waals surface area contributed by atoms with Crippen LogP contribution in [0.4, 0.5) is 0 Å². The van der Waals surface area contributed by atoms with Crippen molar-refractivity contribution in [1.29, 1.82) is 0 Å². The maximum Gasteiger partial charge on any atom is 6.00 e. The van der Waals surface area contributed by atoms with Crippen molar-refractivity contribution in [2.45, 2.75) is 12.8 Å². The van der Waals surface area contributed by atoms with Crippen LogP contribution in [0.3, 0.4) is 0 Å². The van der Waals surface area contributed by atoms with Crippen molar-refractivity contribution in [3.63, 3.8) is 0 Å². The first kappa shape index (κ1) is 26.3. The van der Waals surface area contributed by atoms with Crippen molar-refractivity contribution in [2.75, 3.05) is 80.5 Å². The molecule has 21 heavy (non-hydrogen) atoms. The van der Waals surface area contributed by atoms with Crippen LogP contribution >= 0.6 is 0 Å². The minimum Gasteiger partial charge on any atom is -0.412 e. The van der Waals surface area contributed by atoms with Crippen molar-refractivity contribution < 1.29 is 30.4 Å². The van der Waals surface area contributed by atoms with E-state index in [1.807, 2.05) is 0 Å². The topological polar surface area (TPSA) is 76.0 Å². The number of likely N-dealkylation sites (N-methyl/N-ethyl adjacent to an activating group) is 4. The molecule has 0 atom stereocenters. The van der Waals surface area contributed by atoms with Gasteiger partial charge in [0.25, 0.3) is 0 Å². The van der Waals surface area contributed by atoms with E-state index in [2.05, 4.69) is 47.8 Å². The molecule has 4 N–H and O–H groups in total. The zero-order valence-electron chi connectivity index (χ0n) is 14.2. The van der Waals surface area contributed by atoms with Crippen molar-refractivity contribution in [1.82, 2.24) is 19.6 Å². The van der Waals surface area contributed by atoms with E-state index >= 15 is 0 Å². The molecule has 7 heteroatoms. The summed E-state index contributed by atoms with van der Waals surface area (Å²) in [4.78, 5) is 9.84. The van der Waals surface area contributed by atoms with E-state index in [4.69, 9.17) is 0 Å². The maximum absolute atomic E-state index is 2.46. The van der Waals surface area contributed by atoms with Gasteiger partial charge >= 0.3 is 19.5 Å². The van der Waals surface area contributed by atoms with Gasteiger partial charge in [0.05, 0.1) is 0 Å². The van der Waals surface area contributed by atoms with E-state index in [1.54, 1.807) is 0 Å². The number of nitrogens with zero attached hydrogens (tertiary/aromatic N) is 4. The number of rotatable bonds is 0. The molecule has 0 aliphatic carbocycles. The van der Waals surface area contributed by atoms with E-state index < -0.39 is 0 Å². The van der Waals surface area contributed by atoms with Crippen LogP contribution < -0.4 is 0 Å². The third kappa shape index (κ3) is 13.7. The zero-order chi connectivity index (χ0) is 13.4. The van der Waals surface area contributed by atoms with Crippen LogP contribution in [0.1, 0.15) is 12.8 Å². The number of hydrogen-bond acceptors (Lipinski definition) is 4. The van der Waals surface area contributed by atoms with Crippen LogP contribution in [0.2, 0.25) is 0 Å². The molecule has 6 nitrogen and oxygen atoms in total. The van der Waals surface area contributed by atoms with E-state index in [-0.39, 0.29) is 30.4 Å². The second-order valence-corrected chi connectivity index (χ2v) is 5.92. The van der Waals surface area contributed by atoms with Crippen molar-refractivity contribution in [2.24, 2.45) is 0 Å². The first-order valence-electron chi connectivity index (χ1n) is 7.32. The van der Waals surface area contributed by atoms with Gasteiger partial charge in [0, 0.05) is 26.2 Å². The maximum atomic E-state index is 2.46. The molecule has 0 saturated carbocycles. The Kier molecular flexibility index (Phi) is 19.1. The van der Waals surface area contributed by atoms with Crippen LogP contribution in [0.5, 0.6) is 0 Å². The van der Waals surface area contributed by atoms with Crippen LogP contribution in [-0.4, -0.2) is 111 Å². The third-order valence-electron chi connectivity index (χ3n) is 3.89. The average Bonchev–Trinajstić information content (AvgIpc) is 2.33. The molecule has 0 spiro atoms. The molecule has 0 aromatic carbocycles. The predicted octanol–water partition coefficient (Wildman–Crippen LogP) is -1.14. The number of hydrogen-bond donors (Lipinski definition) is 0. The zero-order valence-corrected chi connectivity index (χ0v) is 16.0. The van der Waals surface area contributed by atoms with Gasteiger partial charge in [-0.05, 0) is 67.2 Å². The van der Waals surface area contributed by atoms with E-state index in [0.717, 1.165) is 0 Å². The normalized spacial score (nSPS) is 22.3. The SMILES string of the molecule is CN1CCCN(C)CCN(C)CCCN(C)CC1.O.O.[Ru+6]. The summed E-state index contributed by atoms with van der Waals surface area (Å²) in [5.74, 6) is 0. The van der Waals surface area contributed by atoms with Crippen LogP contribution in [0.25, 0.3) is 0 Å². The first-order valence-corrected chi connectivity index (χ1v) is 7.32. The summed E-state index contributed by atoms with van der Waals surface area (Å²) in [5.41, 5.74) is 0. The molecule has 1 aliphatic rings. The van der Waals surface area contributed by atoms with Gasteiger partial charge in [-0.1, -0.05) is 0 Å². The van der Waals surface area contributed by atoms with Crippen molar-refractivity contribution >= 4 is 0 Å². The summed E-state index contributed by atoms with van der Waals surface area (Å²) >= 11 is 0. The fraction of sp³-hybridized carbons (Fsp3) is 1.00. The Morgan fingerprint density at radius 2 is 0.619 bits per heavy atom. The average molecular weight is 394 g/mol. The Bertz CT molecular complexity index is 183. The minimum absolute atomic E-state index is 0. The predicted molar refractivity (Wildman–Crippen MR) is 86.4 cm³/mol. The Hall–Kier alpha value is 0.383. The van der Waals surface area contributed by atoms with E-state index in [9.17, 15) is 0 Å². The summed E-state index contributed by atoms with van der Waals surface area (Å²) in [6.45, 7) is 9.63. The quantitative estimate of drug-likeness (QED) is 0.488. The molecule has 0 bridgehead atoms. The van der Waals surface area contributed by atoms with Gasteiger partial charge in [-0.3, -0.25) is 0 Å². The van der Waals surface area contributed by atoms with Crippen LogP contribution in [0, 0.1) is 0 Å². The molecule has 0 aromatic rings. The molecule has 0 aromatic heterocycles. The summed E-state index contributed by atoms with van der Waals surface area (Å²) in [6, 6.07) is 0. The molecule has 0 radical (unpaired) electrons. The summed E-state index contributed by atoms with van der Waals surface area (Å²) < 4.78 is 0. The molecule has 1 saturated heterocycles. The Labute approximate surface area is 143 Å². The van der Waals surface area contributed by atoms with Crippen LogP contribution in [-0.2, 0) is 19.5 Å². The van der Waals surface area contributed by atoms with Gasteiger partial charge in [-0.2, -0.15) is 0 Å². The van der Waals surface area contributed by atoms with Gasteiger partial charge < -0.3 is 30.6 Å². The summed E-state index contributed by atoms with van der Waals surface area (Å²) in [7, 11) is 8.97. The second-order valence-electron chi connectivity index (χ2n) is 5.92. The first-order chi connectivity index (χ1) is 8.58. The molecule has 126 valence electrons. The molecule has 1 fully saturated rings. The Morgan fingerprint density at radius 1 is 0.429 bits per heavy atom. The van der Waals surface area contributed by atoms with Crippen LogP contribution in [0.15, 0.2) is 0 Å². The van der Waals surface area contributed by atoms with E-state index in [1.165, 1.54) is 65.2 Å². The standard InChI is InChI=1S/C14H32N4.2H2O.Ru/c1-15-7-5-8-17(3)13-14-18(4)10-6-9-16(2)12-11-15;;;/h5-14H2,1-4H3;2*1H2;/q;;;+6. The smallest absolute Gasteiger partial charge is 0.412 e. The molecule has 1 aliphatic heterocycles. The molecule has 1 rings (SSSR count). The second kappa shape index (κ2) is 15.3. The Morgan fingerprint density at radius 3 is 0.810 bits per heavy atom. The molecular weight excluding hydrogens is 357 g/mol. The fourth-order valence-electron chi connectivity index (χ4n) is 2.35. The Balaban J connectivity index is -0.00000108. The van der Waals surface area contributed by atoms with Gasteiger partial charge in [0.2, 0.25) is 0 Å². The fourth-order valence-corrected chi connectivity index (χ4v) is 2.35. The van der Waals surface area contributed by atoms with Gasteiger partial charge in [0.15, 0.2) is 0 Å². The van der Waals surface area contributed by atoms with Crippen molar-refractivity contribution in [3.8, 4) is 0 Å². The monoisotopic (exact) mass is 394 g/mol. The summed E-state index contributed by atoms with van der Waals surface area (Å²) in [5, 5.41) is 0.